The predicted molar refractivity (Wildman–Crippen MR) is 147 cm³/mol. The molecule has 10 heteroatoms. The van der Waals surface area contributed by atoms with Crippen LogP contribution < -0.4 is 16.1 Å². The third-order valence-corrected chi connectivity index (χ3v) is 8.07. The zero-order chi connectivity index (χ0) is 24.9. The van der Waals surface area contributed by atoms with Crippen LogP contribution in [0.1, 0.15) is 24.4 Å². The molecule has 2 aromatic carbocycles. The van der Waals surface area contributed by atoms with E-state index in [0.29, 0.717) is 22.3 Å². The lowest BCUT2D eigenvalue weighted by Gasteiger charge is -2.42. The highest BCUT2D eigenvalue weighted by Crippen LogP contribution is 2.31. The number of piperazine rings is 1. The topological polar surface area (TPSA) is 85.2 Å². The van der Waals surface area contributed by atoms with Crippen LogP contribution >= 0.6 is 34.2 Å². The van der Waals surface area contributed by atoms with E-state index in [1.54, 1.807) is 24.3 Å². The van der Waals surface area contributed by atoms with Crippen molar-refractivity contribution in [2.45, 2.75) is 24.9 Å². The number of nitrogens with two attached hydrogens (primary N) is 1. The fraction of sp³-hybridized carbons (Fsp3) is 0.440. The highest BCUT2D eigenvalue weighted by atomic mass is 127. The Kier molecular flexibility index (Phi) is 8.87. The summed E-state index contributed by atoms with van der Waals surface area (Å²) in [6.45, 7) is 5.53. The van der Waals surface area contributed by atoms with Crippen LogP contribution in [0.25, 0.3) is 0 Å². The van der Waals surface area contributed by atoms with E-state index >= 15 is 0 Å². The number of primary amides is 1. The van der Waals surface area contributed by atoms with Crippen LogP contribution in [0.2, 0.25) is 5.02 Å². The van der Waals surface area contributed by atoms with Crippen molar-refractivity contribution < 1.29 is 9.59 Å². The van der Waals surface area contributed by atoms with E-state index in [-0.39, 0.29) is 5.91 Å². The van der Waals surface area contributed by atoms with Gasteiger partial charge in [-0.2, -0.15) is 0 Å². The molecule has 188 valence electrons. The Morgan fingerprint density at radius 1 is 1.03 bits per heavy atom. The molecule has 3 amide bonds. The maximum absolute atomic E-state index is 13.7. The number of amides is 3. The molecule has 0 radical (unpaired) electrons. The minimum Gasteiger partial charge on any atom is -0.351 e. The molecule has 0 saturated carbocycles. The van der Waals surface area contributed by atoms with E-state index in [9.17, 15) is 9.59 Å². The Labute approximate surface area is 225 Å². The van der Waals surface area contributed by atoms with Crippen molar-refractivity contribution in [3.63, 3.8) is 0 Å². The van der Waals surface area contributed by atoms with Crippen molar-refractivity contribution >= 4 is 51.8 Å². The third-order valence-electron chi connectivity index (χ3n) is 6.84. The predicted octanol–water partition coefficient (Wildman–Crippen LogP) is 3.31. The molecule has 2 aromatic rings. The average molecular weight is 611 g/mol. The minimum atomic E-state index is -0.923. The van der Waals surface area contributed by atoms with E-state index in [4.69, 9.17) is 17.3 Å². The van der Waals surface area contributed by atoms with Crippen LogP contribution in [0.15, 0.2) is 48.5 Å². The molecule has 2 aliphatic rings. The monoisotopic (exact) mass is 610 g/mol. The van der Waals surface area contributed by atoms with Gasteiger partial charge in [0.15, 0.2) is 0 Å². The van der Waals surface area contributed by atoms with E-state index < -0.39 is 12.1 Å². The van der Waals surface area contributed by atoms with Crippen molar-refractivity contribution in [2.24, 2.45) is 5.73 Å². The summed E-state index contributed by atoms with van der Waals surface area (Å²) in [6.07, 6.45) is 2.37. The van der Waals surface area contributed by atoms with Gasteiger partial charge in [0, 0.05) is 46.5 Å². The lowest BCUT2D eigenvalue weighted by molar-refractivity contribution is -0.128. The number of piperidine rings is 1. The number of rotatable bonds is 6. The fourth-order valence-electron chi connectivity index (χ4n) is 4.88. The Bertz CT molecular complexity index is 1020. The van der Waals surface area contributed by atoms with Gasteiger partial charge in [-0.15, -0.1) is 0 Å². The Morgan fingerprint density at radius 3 is 2.26 bits per heavy atom. The molecular formula is C25H32ClIN6O2. The van der Waals surface area contributed by atoms with Gasteiger partial charge in [0.2, 0.25) is 0 Å². The van der Waals surface area contributed by atoms with Crippen LogP contribution in [-0.4, -0.2) is 79.1 Å². The van der Waals surface area contributed by atoms with Gasteiger partial charge in [-0.1, -0.05) is 29.8 Å². The number of urea groups is 1. The first kappa shape index (κ1) is 26.2. The molecule has 0 bridgehead atoms. The van der Waals surface area contributed by atoms with Gasteiger partial charge in [-0.05, 0) is 91.5 Å². The minimum absolute atomic E-state index is 0.296. The smallest absolute Gasteiger partial charge is 0.320 e. The second-order valence-electron chi connectivity index (χ2n) is 9.14. The van der Waals surface area contributed by atoms with Crippen LogP contribution in [0.4, 0.5) is 10.5 Å². The van der Waals surface area contributed by atoms with Crippen LogP contribution in [0, 0.1) is 3.57 Å². The van der Waals surface area contributed by atoms with Gasteiger partial charge in [-0.25, -0.2) is 9.80 Å². The molecule has 35 heavy (non-hydrogen) atoms. The van der Waals surface area contributed by atoms with Crippen molar-refractivity contribution in [3.05, 3.63) is 62.7 Å². The summed E-state index contributed by atoms with van der Waals surface area (Å²) in [4.78, 5) is 32.6. The summed E-state index contributed by atoms with van der Waals surface area (Å²) in [5.74, 6) is -0.296. The van der Waals surface area contributed by atoms with Crippen molar-refractivity contribution in [3.8, 4) is 0 Å². The Balaban J connectivity index is 1.51. The molecule has 2 saturated heterocycles. The second kappa shape index (κ2) is 11.9. The van der Waals surface area contributed by atoms with Gasteiger partial charge in [0.05, 0.1) is 0 Å². The standard InChI is InChI=1S/C25H32ClIN6O2/c1-30-12-10-19(11-13-30)31-14-16-32(17-15-31)29-24(34)23(21-4-2-3-5-22(21)27)33(25(28)35)20-8-6-18(26)7-9-20/h2-9,19,23H,10-17H2,1H3,(H2,28,35)(H,29,34). The molecule has 4 rings (SSSR count). The number of benzene rings is 2. The van der Waals surface area contributed by atoms with Crippen molar-refractivity contribution in [1.82, 2.24) is 20.2 Å². The normalized spacial score (nSPS) is 19.3. The molecule has 2 heterocycles. The Hall–Kier alpha value is -1.92. The number of carbonyl (C=O) groups excluding carboxylic acids is 2. The average Bonchev–Trinajstić information content (AvgIpc) is 2.85. The molecule has 0 spiro atoms. The molecule has 8 nitrogen and oxygen atoms in total. The number of anilines is 1. The van der Waals surface area contributed by atoms with E-state index in [1.165, 1.54) is 17.7 Å². The molecule has 1 unspecified atom stereocenters. The molecular weight excluding hydrogens is 579 g/mol. The highest BCUT2D eigenvalue weighted by molar-refractivity contribution is 14.1. The molecule has 0 aliphatic carbocycles. The zero-order valence-corrected chi connectivity index (χ0v) is 22.8. The number of halogens is 2. The number of nitrogens with zero attached hydrogens (tertiary/aromatic N) is 4. The molecule has 2 fully saturated rings. The second-order valence-corrected chi connectivity index (χ2v) is 10.7. The van der Waals surface area contributed by atoms with E-state index in [2.05, 4.69) is 44.9 Å². The lowest BCUT2D eigenvalue weighted by Crippen LogP contribution is -2.58. The van der Waals surface area contributed by atoms with Gasteiger partial charge >= 0.3 is 6.03 Å². The maximum Gasteiger partial charge on any atom is 0.320 e. The number of hydrogen-bond acceptors (Lipinski definition) is 5. The van der Waals surface area contributed by atoms with E-state index in [0.717, 1.165) is 42.8 Å². The first-order valence-electron chi connectivity index (χ1n) is 11.9. The first-order valence-corrected chi connectivity index (χ1v) is 13.4. The van der Waals surface area contributed by atoms with Crippen molar-refractivity contribution in [1.29, 1.82) is 0 Å². The zero-order valence-electron chi connectivity index (χ0n) is 19.9. The van der Waals surface area contributed by atoms with Crippen molar-refractivity contribution in [2.75, 3.05) is 51.2 Å². The molecule has 0 aromatic heterocycles. The number of hydrogen-bond donors (Lipinski definition) is 2. The highest BCUT2D eigenvalue weighted by Gasteiger charge is 2.35. The first-order chi connectivity index (χ1) is 16.8. The van der Waals surface area contributed by atoms with E-state index in [1.807, 2.05) is 29.3 Å². The summed E-state index contributed by atoms with van der Waals surface area (Å²) >= 11 is 8.24. The van der Waals surface area contributed by atoms with Crippen LogP contribution in [-0.2, 0) is 4.79 Å². The number of carbonyl (C=O) groups is 2. The summed E-state index contributed by atoms with van der Waals surface area (Å²) in [5, 5.41) is 2.49. The SMILES string of the molecule is CN1CCC(N2CCN(NC(=O)C(c3ccccc3I)N(C(N)=O)c3ccc(Cl)cc3)CC2)CC1. The molecule has 1 atom stereocenters. The van der Waals surface area contributed by atoms with Gasteiger partial charge < -0.3 is 10.6 Å². The van der Waals surface area contributed by atoms with Crippen LogP contribution in [0.3, 0.4) is 0 Å². The summed E-state index contributed by atoms with van der Waals surface area (Å²) in [7, 11) is 2.17. The molecule has 3 N–H and O–H groups in total. The molecule has 2 aliphatic heterocycles. The van der Waals surface area contributed by atoms with Gasteiger partial charge in [-0.3, -0.25) is 20.0 Å². The summed E-state index contributed by atoms with van der Waals surface area (Å²) in [5.41, 5.74) is 10.1. The Morgan fingerprint density at radius 2 is 1.66 bits per heavy atom. The fourth-order valence-corrected chi connectivity index (χ4v) is 5.68. The largest absolute Gasteiger partial charge is 0.351 e. The quantitative estimate of drug-likeness (QED) is 0.491. The number of nitrogens with one attached hydrogen (secondary N) is 1. The summed E-state index contributed by atoms with van der Waals surface area (Å²) < 4.78 is 0.873. The maximum atomic E-state index is 13.7. The number of likely N-dealkylation sites (tertiary alicyclic amines) is 1. The third kappa shape index (κ3) is 6.45. The van der Waals surface area contributed by atoms with Gasteiger partial charge in [0.25, 0.3) is 5.91 Å². The lowest BCUT2D eigenvalue weighted by atomic mass is 10.0. The van der Waals surface area contributed by atoms with Crippen LogP contribution in [0.5, 0.6) is 0 Å². The van der Waals surface area contributed by atoms with Gasteiger partial charge in [0.1, 0.15) is 6.04 Å². The number of hydrazine groups is 1. The summed E-state index contributed by atoms with van der Waals surface area (Å²) in [6, 6.07) is 13.3.